The van der Waals surface area contributed by atoms with Crippen molar-refractivity contribution >= 4 is 5.91 Å². The van der Waals surface area contributed by atoms with Crippen LogP contribution in [0.15, 0.2) is 48.5 Å². The molecule has 2 atom stereocenters. The summed E-state index contributed by atoms with van der Waals surface area (Å²) in [6.45, 7) is 0.259. The van der Waals surface area contributed by atoms with Crippen LogP contribution in [0.25, 0.3) is 0 Å². The number of carbonyl (C=O) groups excluding carboxylic acids is 1. The van der Waals surface area contributed by atoms with E-state index in [1.807, 2.05) is 24.3 Å². The molecule has 1 fully saturated rings. The molecule has 3 rings (SSSR count). The number of amides is 1. The monoisotopic (exact) mass is 329 g/mol. The number of methoxy groups -OCH3 is 1. The smallest absolute Gasteiger partial charge is 0.227 e. The molecular formula is C19H20FNO3. The fourth-order valence-electron chi connectivity index (χ4n) is 3.23. The van der Waals surface area contributed by atoms with Crippen LogP contribution < -0.4 is 4.74 Å². The summed E-state index contributed by atoms with van der Waals surface area (Å²) in [6, 6.07) is 13.3. The second kappa shape index (κ2) is 7.01. The van der Waals surface area contributed by atoms with Gasteiger partial charge in [-0.05, 0) is 30.2 Å². The highest BCUT2D eigenvalue weighted by Crippen LogP contribution is 2.33. The van der Waals surface area contributed by atoms with Crippen LogP contribution in [0.2, 0.25) is 0 Å². The highest BCUT2D eigenvalue weighted by atomic mass is 19.1. The fourth-order valence-corrected chi connectivity index (χ4v) is 3.23. The van der Waals surface area contributed by atoms with Crippen molar-refractivity contribution in [1.82, 2.24) is 4.90 Å². The number of rotatable bonds is 4. The van der Waals surface area contributed by atoms with Crippen LogP contribution in [0, 0.1) is 5.82 Å². The molecule has 2 aromatic carbocycles. The van der Waals surface area contributed by atoms with Gasteiger partial charge in [0.25, 0.3) is 0 Å². The summed E-state index contributed by atoms with van der Waals surface area (Å²) < 4.78 is 18.8. The molecule has 0 aliphatic carbocycles. The second-order valence-electron chi connectivity index (χ2n) is 6.00. The highest BCUT2D eigenvalue weighted by molar-refractivity contribution is 5.80. The Morgan fingerprint density at radius 3 is 2.83 bits per heavy atom. The van der Waals surface area contributed by atoms with E-state index < -0.39 is 6.10 Å². The first kappa shape index (κ1) is 16.5. The average Bonchev–Trinajstić information content (AvgIpc) is 2.97. The van der Waals surface area contributed by atoms with Gasteiger partial charge in [0.2, 0.25) is 5.91 Å². The van der Waals surface area contributed by atoms with E-state index in [9.17, 15) is 14.3 Å². The van der Waals surface area contributed by atoms with Gasteiger partial charge in [0.15, 0.2) is 0 Å². The molecule has 0 saturated carbocycles. The van der Waals surface area contributed by atoms with Gasteiger partial charge in [0.1, 0.15) is 11.6 Å². The van der Waals surface area contributed by atoms with E-state index in [2.05, 4.69) is 0 Å². The lowest BCUT2D eigenvalue weighted by Crippen LogP contribution is -2.33. The SMILES string of the molecule is COc1ccccc1CC(=O)N1CC(O)CC1c1cccc(F)c1. The molecule has 1 N–H and O–H groups in total. The maximum absolute atomic E-state index is 13.5. The number of benzene rings is 2. The molecule has 1 amide bonds. The van der Waals surface area contributed by atoms with E-state index >= 15 is 0 Å². The number of carbonyl (C=O) groups is 1. The van der Waals surface area contributed by atoms with E-state index in [1.165, 1.54) is 12.1 Å². The van der Waals surface area contributed by atoms with Crippen LogP contribution >= 0.6 is 0 Å². The first-order valence-corrected chi connectivity index (χ1v) is 7.93. The van der Waals surface area contributed by atoms with Gasteiger partial charge in [0, 0.05) is 12.1 Å². The molecule has 24 heavy (non-hydrogen) atoms. The number of likely N-dealkylation sites (tertiary alicyclic amines) is 1. The molecule has 5 heteroatoms. The Bertz CT molecular complexity index is 734. The molecular weight excluding hydrogens is 309 g/mol. The minimum atomic E-state index is -0.597. The quantitative estimate of drug-likeness (QED) is 0.938. The van der Waals surface area contributed by atoms with Gasteiger partial charge in [-0.2, -0.15) is 0 Å². The molecule has 0 aromatic heterocycles. The summed E-state index contributed by atoms with van der Waals surface area (Å²) in [4.78, 5) is 14.4. The Morgan fingerprint density at radius 2 is 2.08 bits per heavy atom. The summed E-state index contributed by atoms with van der Waals surface area (Å²) in [5, 5.41) is 10.0. The standard InChI is InChI=1S/C19H20FNO3/c1-24-18-8-3-2-5-14(18)10-19(23)21-12-16(22)11-17(21)13-6-4-7-15(20)9-13/h2-9,16-17,22H,10-12H2,1H3. The molecule has 1 saturated heterocycles. The minimum Gasteiger partial charge on any atom is -0.496 e. The van der Waals surface area contributed by atoms with Crippen LogP contribution in [0.1, 0.15) is 23.6 Å². The molecule has 2 aromatic rings. The van der Waals surface area contributed by atoms with Crippen molar-refractivity contribution in [2.24, 2.45) is 0 Å². The molecule has 0 radical (unpaired) electrons. The number of hydrogen-bond donors (Lipinski definition) is 1. The maximum atomic E-state index is 13.5. The zero-order valence-electron chi connectivity index (χ0n) is 13.5. The lowest BCUT2D eigenvalue weighted by atomic mass is 10.0. The molecule has 126 valence electrons. The Hall–Kier alpha value is -2.40. The highest BCUT2D eigenvalue weighted by Gasteiger charge is 2.35. The largest absolute Gasteiger partial charge is 0.496 e. The summed E-state index contributed by atoms with van der Waals surface area (Å²) in [5.41, 5.74) is 1.50. The van der Waals surface area contributed by atoms with Crippen molar-refractivity contribution in [3.63, 3.8) is 0 Å². The normalized spacial score (nSPS) is 20.2. The van der Waals surface area contributed by atoms with Crippen molar-refractivity contribution < 1.29 is 19.0 Å². The lowest BCUT2D eigenvalue weighted by molar-refractivity contribution is -0.131. The molecule has 0 spiro atoms. The van der Waals surface area contributed by atoms with Gasteiger partial charge >= 0.3 is 0 Å². The molecule has 4 nitrogen and oxygen atoms in total. The van der Waals surface area contributed by atoms with Crippen molar-refractivity contribution in [1.29, 1.82) is 0 Å². The van der Waals surface area contributed by atoms with Gasteiger partial charge in [-0.15, -0.1) is 0 Å². The average molecular weight is 329 g/mol. The third-order valence-electron chi connectivity index (χ3n) is 4.37. The number of halogens is 1. The van der Waals surface area contributed by atoms with Gasteiger partial charge < -0.3 is 14.7 Å². The zero-order chi connectivity index (χ0) is 17.1. The van der Waals surface area contributed by atoms with Crippen LogP contribution in [0.5, 0.6) is 5.75 Å². The number of para-hydroxylation sites is 1. The molecule has 1 aliphatic heterocycles. The van der Waals surface area contributed by atoms with E-state index in [0.717, 1.165) is 5.56 Å². The van der Waals surface area contributed by atoms with Crippen molar-refractivity contribution in [2.45, 2.75) is 25.0 Å². The Kier molecular flexibility index (Phi) is 4.81. The molecule has 2 unspecified atom stereocenters. The van der Waals surface area contributed by atoms with E-state index in [4.69, 9.17) is 4.74 Å². The summed E-state index contributed by atoms with van der Waals surface area (Å²) in [5.74, 6) is 0.212. The number of aliphatic hydroxyl groups excluding tert-OH is 1. The van der Waals surface area contributed by atoms with Crippen LogP contribution in [0.3, 0.4) is 0 Å². The van der Waals surface area contributed by atoms with Crippen molar-refractivity contribution in [2.75, 3.05) is 13.7 Å². The van der Waals surface area contributed by atoms with Gasteiger partial charge in [-0.25, -0.2) is 4.39 Å². The third kappa shape index (κ3) is 3.41. The van der Waals surface area contributed by atoms with Gasteiger partial charge in [0.05, 0.1) is 25.7 Å². The van der Waals surface area contributed by atoms with Crippen molar-refractivity contribution in [3.8, 4) is 5.75 Å². The van der Waals surface area contributed by atoms with E-state index in [-0.39, 0.29) is 30.7 Å². The number of ether oxygens (including phenoxy) is 1. The van der Waals surface area contributed by atoms with E-state index in [1.54, 1.807) is 24.1 Å². The number of β-amino-alcohol motifs (C(OH)–C–C–N with tert-alkyl or cyclic N) is 1. The predicted molar refractivity (Wildman–Crippen MR) is 88.2 cm³/mol. The second-order valence-corrected chi connectivity index (χ2v) is 6.00. The minimum absolute atomic E-state index is 0.106. The first-order chi connectivity index (χ1) is 11.6. The van der Waals surface area contributed by atoms with Crippen LogP contribution in [-0.4, -0.2) is 35.7 Å². The third-order valence-corrected chi connectivity index (χ3v) is 4.37. The molecule has 1 heterocycles. The molecule has 1 aliphatic rings. The van der Waals surface area contributed by atoms with Gasteiger partial charge in [-0.1, -0.05) is 30.3 Å². The number of hydrogen-bond acceptors (Lipinski definition) is 3. The van der Waals surface area contributed by atoms with Crippen LogP contribution in [0.4, 0.5) is 4.39 Å². The van der Waals surface area contributed by atoms with Crippen LogP contribution in [-0.2, 0) is 11.2 Å². The summed E-state index contributed by atoms with van der Waals surface area (Å²) in [6.07, 6.45) is 0.00353. The van der Waals surface area contributed by atoms with Crippen molar-refractivity contribution in [3.05, 3.63) is 65.5 Å². The number of aliphatic hydroxyl groups is 1. The summed E-state index contributed by atoms with van der Waals surface area (Å²) in [7, 11) is 1.57. The zero-order valence-corrected chi connectivity index (χ0v) is 13.5. The Morgan fingerprint density at radius 1 is 1.29 bits per heavy atom. The number of nitrogens with zero attached hydrogens (tertiary/aromatic N) is 1. The Balaban J connectivity index is 1.82. The first-order valence-electron chi connectivity index (χ1n) is 7.93. The van der Waals surface area contributed by atoms with Gasteiger partial charge in [-0.3, -0.25) is 4.79 Å². The Labute approximate surface area is 140 Å². The fraction of sp³-hybridized carbons (Fsp3) is 0.316. The summed E-state index contributed by atoms with van der Waals surface area (Å²) >= 11 is 0. The van der Waals surface area contributed by atoms with E-state index in [0.29, 0.717) is 17.7 Å². The lowest BCUT2D eigenvalue weighted by Gasteiger charge is -2.25. The maximum Gasteiger partial charge on any atom is 0.227 e. The molecule has 0 bridgehead atoms. The topological polar surface area (TPSA) is 49.8 Å². The predicted octanol–water partition coefficient (Wildman–Crippen LogP) is 2.71.